The summed E-state index contributed by atoms with van der Waals surface area (Å²) in [6.07, 6.45) is -1.69. The minimum atomic E-state index is -1.76. The van der Waals surface area contributed by atoms with Gasteiger partial charge in [0.05, 0.1) is 31.0 Å². The van der Waals surface area contributed by atoms with Gasteiger partial charge in [0, 0.05) is 35.5 Å². The maximum Gasteiger partial charge on any atom is 0.229 e. The van der Waals surface area contributed by atoms with Crippen LogP contribution in [0.4, 0.5) is 0 Å². The summed E-state index contributed by atoms with van der Waals surface area (Å²) < 4.78 is 16.6. The van der Waals surface area contributed by atoms with E-state index in [9.17, 15) is 35.1 Å². The molecule has 0 aromatic heterocycles. The molecule has 0 spiro atoms. The molecule has 13 heteroatoms. The average molecular weight is 598 g/mol. The van der Waals surface area contributed by atoms with Gasteiger partial charge in [-0.25, -0.2) is 0 Å². The fraction of sp³-hybridized carbons (Fsp3) is 0.400. The Morgan fingerprint density at radius 1 is 1.02 bits per heavy atom. The smallest absolute Gasteiger partial charge is 0.229 e. The Bertz CT molecular complexity index is 1490. The van der Waals surface area contributed by atoms with Crippen LogP contribution in [0.15, 0.2) is 42.1 Å². The van der Waals surface area contributed by atoms with E-state index in [1.807, 2.05) is 18.4 Å². The Hall–Kier alpha value is -3.82. The maximum absolute atomic E-state index is 14.0. The van der Waals surface area contributed by atoms with Crippen molar-refractivity contribution in [3.05, 3.63) is 75.5 Å². The van der Waals surface area contributed by atoms with Crippen LogP contribution in [0, 0.1) is 0 Å². The van der Waals surface area contributed by atoms with Crippen LogP contribution < -0.4 is 25.8 Å². The molecule has 1 fully saturated rings. The molecule has 9 N–H and O–H groups in total. The Labute approximate surface area is 247 Å². The number of phenols is 1. The lowest BCUT2D eigenvalue weighted by molar-refractivity contribution is -0.277. The minimum Gasteiger partial charge on any atom is -0.507 e. The van der Waals surface area contributed by atoms with Gasteiger partial charge in [0.1, 0.15) is 41.7 Å². The van der Waals surface area contributed by atoms with Crippen LogP contribution in [0.25, 0.3) is 0 Å². The van der Waals surface area contributed by atoms with E-state index in [1.54, 1.807) is 13.1 Å². The Morgan fingerprint density at radius 3 is 2.42 bits per heavy atom. The lowest BCUT2D eigenvalue weighted by Gasteiger charge is -2.39. The molecule has 6 atom stereocenters. The molecule has 0 amide bonds. The molecule has 2 heterocycles. The molecule has 2 aliphatic heterocycles. The molecule has 1 unspecified atom stereocenters. The van der Waals surface area contributed by atoms with Gasteiger partial charge in [0.2, 0.25) is 12.1 Å². The van der Waals surface area contributed by atoms with Crippen LogP contribution in [0.3, 0.4) is 0 Å². The van der Waals surface area contributed by atoms with Crippen LogP contribution >= 0.6 is 0 Å². The zero-order chi connectivity index (χ0) is 31.0. The summed E-state index contributed by atoms with van der Waals surface area (Å²) in [7, 11) is 3.05. The zero-order valence-electron chi connectivity index (χ0n) is 23.6. The second-order valence-corrected chi connectivity index (χ2v) is 10.6. The van der Waals surface area contributed by atoms with E-state index in [1.165, 1.54) is 19.2 Å². The minimum absolute atomic E-state index is 0.0187. The molecule has 0 saturated carbocycles. The fourth-order valence-corrected chi connectivity index (χ4v) is 5.51. The van der Waals surface area contributed by atoms with Crippen molar-refractivity contribution < 1.29 is 49.3 Å². The van der Waals surface area contributed by atoms with Crippen molar-refractivity contribution in [1.29, 1.82) is 0 Å². The predicted molar refractivity (Wildman–Crippen MR) is 152 cm³/mol. The van der Waals surface area contributed by atoms with Gasteiger partial charge in [0.15, 0.2) is 5.78 Å². The number of methoxy groups -OCH3 is 1. The lowest BCUT2D eigenvalue weighted by Crippen LogP contribution is -2.60. The van der Waals surface area contributed by atoms with Crippen molar-refractivity contribution in [1.82, 2.24) is 10.6 Å². The number of nitrogens with one attached hydrogen (secondary N) is 2. The van der Waals surface area contributed by atoms with Crippen molar-refractivity contribution >= 4 is 11.6 Å². The SMILES string of the molecule is CNCc1c(CCC2=CNC(N)C=C2)cc2c(c1O)C(=O)c1c(O[C@@H]3O[C@H](CO)[C@@H](O)[C@H](O)[C@H]3O)cc(OC)cc1C2=O. The first kappa shape index (κ1) is 30.6. The second-order valence-electron chi connectivity index (χ2n) is 10.6. The van der Waals surface area contributed by atoms with Crippen LogP contribution in [0.5, 0.6) is 17.2 Å². The molecule has 0 bridgehead atoms. The number of dihydropyridines is 1. The molecule has 1 saturated heterocycles. The van der Waals surface area contributed by atoms with E-state index in [2.05, 4.69) is 10.6 Å². The number of aromatic hydroxyl groups is 1. The van der Waals surface area contributed by atoms with Crippen LogP contribution in [-0.4, -0.2) is 94.7 Å². The van der Waals surface area contributed by atoms with E-state index in [0.29, 0.717) is 24.0 Å². The number of phenolic OH excluding ortho intramolecular Hbond substituents is 1. The van der Waals surface area contributed by atoms with Gasteiger partial charge in [0.25, 0.3) is 0 Å². The lowest BCUT2D eigenvalue weighted by atomic mass is 9.80. The number of allylic oxidation sites excluding steroid dienone is 2. The highest BCUT2D eigenvalue weighted by Crippen LogP contribution is 2.42. The van der Waals surface area contributed by atoms with Gasteiger partial charge in [-0.3, -0.25) is 9.59 Å². The van der Waals surface area contributed by atoms with Gasteiger partial charge in [-0.1, -0.05) is 6.08 Å². The monoisotopic (exact) mass is 597 g/mol. The topological polar surface area (TPSA) is 213 Å². The van der Waals surface area contributed by atoms with E-state index in [4.69, 9.17) is 19.9 Å². The fourth-order valence-electron chi connectivity index (χ4n) is 5.51. The first-order valence-electron chi connectivity index (χ1n) is 13.8. The summed E-state index contributed by atoms with van der Waals surface area (Å²) in [4.78, 5) is 28.0. The number of aryl methyl sites for hydroxylation is 1. The molecule has 230 valence electrons. The number of carbonyl (C=O) groups excluding carboxylic acids is 2. The molecule has 0 radical (unpaired) electrons. The third-order valence-corrected chi connectivity index (χ3v) is 7.86. The standard InChI is InChI=1S/C30H35N3O10/c1-32-11-18-14(5-3-13-4-6-21(31)33-10-13)7-16-23(25(18)36)27(38)22-17(24(16)35)8-15(41-2)9-19(22)42-30-29(40)28(39)26(37)20(12-34)43-30/h4,6-10,20-21,26,28-30,32-34,36-37,39-40H,3,5,11-12,31H2,1-2H3/t20-,21?,26-,28+,29-,30-/m1/s1. The van der Waals surface area contributed by atoms with Crippen molar-refractivity contribution in [3.8, 4) is 17.2 Å². The third-order valence-electron chi connectivity index (χ3n) is 7.86. The molecular formula is C30H35N3O10. The van der Waals surface area contributed by atoms with Crippen molar-refractivity contribution in [2.75, 3.05) is 20.8 Å². The third kappa shape index (κ3) is 5.63. The number of nitrogens with two attached hydrogens (primary N) is 1. The highest BCUT2D eigenvalue weighted by molar-refractivity contribution is 6.30. The number of benzene rings is 2. The molecule has 2 aromatic carbocycles. The molecular weight excluding hydrogens is 562 g/mol. The number of hydrogen-bond acceptors (Lipinski definition) is 13. The number of ether oxygens (including phenoxy) is 3. The summed E-state index contributed by atoms with van der Waals surface area (Å²) >= 11 is 0. The number of hydrogen-bond donors (Lipinski definition) is 8. The largest absolute Gasteiger partial charge is 0.507 e. The summed E-state index contributed by atoms with van der Waals surface area (Å²) in [5.41, 5.74) is 7.51. The summed E-state index contributed by atoms with van der Waals surface area (Å²) in [5, 5.41) is 57.9. The maximum atomic E-state index is 14.0. The van der Waals surface area contributed by atoms with Crippen molar-refractivity contribution in [2.24, 2.45) is 5.73 Å². The number of ketones is 2. The number of fused-ring (bicyclic) bond motifs is 2. The van der Waals surface area contributed by atoms with E-state index in [-0.39, 0.29) is 52.2 Å². The number of rotatable bonds is 9. The molecule has 2 aromatic rings. The number of aliphatic hydroxyl groups is 4. The van der Waals surface area contributed by atoms with Gasteiger partial charge >= 0.3 is 0 Å². The van der Waals surface area contributed by atoms with Gasteiger partial charge in [-0.05, 0) is 49.2 Å². The van der Waals surface area contributed by atoms with Crippen LogP contribution in [0.1, 0.15) is 49.4 Å². The Morgan fingerprint density at radius 2 is 1.77 bits per heavy atom. The first-order chi connectivity index (χ1) is 20.6. The van der Waals surface area contributed by atoms with Gasteiger partial charge in [-0.15, -0.1) is 0 Å². The van der Waals surface area contributed by atoms with Crippen LogP contribution in [0.2, 0.25) is 0 Å². The van der Waals surface area contributed by atoms with Crippen molar-refractivity contribution in [3.63, 3.8) is 0 Å². The van der Waals surface area contributed by atoms with Crippen molar-refractivity contribution in [2.45, 2.75) is 56.3 Å². The highest BCUT2D eigenvalue weighted by atomic mass is 16.7. The molecule has 43 heavy (non-hydrogen) atoms. The van der Waals surface area contributed by atoms with E-state index >= 15 is 0 Å². The summed E-state index contributed by atoms with van der Waals surface area (Å²) in [5.74, 6) is -1.67. The first-order valence-corrected chi connectivity index (χ1v) is 13.8. The molecule has 3 aliphatic rings. The number of aliphatic hydroxyl groups excluding tert-OH is 4. The molecule has 1 aliphatic carbocycles. The molecule has 13 nitrogen and oxygen atoms in total. The Kier molecular flexibility index (Phi) is 8.85. The normalized spacial score (nSPS) is 26.3. The Balaban J connectivity index is 1.55. The predicted octanol–water partition coefficient (Wildman–Crippen LogP) is -0.665. The zero-order valence-corrected chi connectivity index (χ0v) is 23.6. The van der Waals surface area contributed by atoms with Crippen LogP contribution in [-0.2, 0) is 17.7 Å². The quantitative estimate of drug-likeness (QED) is 0.154. The van der Waals surface area contributed by atoms with E-state index < -0.39 is 48.9 Å². The number of carbonyl (C=O) groups is 2. The van der Waals surface area contributed by atoms with Gasteiger partial charge in [-0.2, -0.15) is 0 Å². The summed E-state index contributed by atoms with van der Waals surface area (Å²) in [6, 6.07) is 4.31. The molecule has 5 rings (SSSR count). The average Bonchev–Trinajstić information content (AvgIpc) is 3.00. The van der Waals surface area contributed by atoms with Gasteiger partial charge < -0.3 is 56.1 Å². The second kappa shape index (κ2) is 12.4. The van der Waals surface area contributed by atoms with E-state index in [0.717, 1.165) is 5.57 Å². The summed E-state index contributed by atoms with van der Waals surface area (Å²) in [6.45, 7) is -0.467. The highest BCUT2D eigenvalue weighted by Gasteiger charge is 2.46.